The van der Waals surface area contributed by atoms with E-state index in [1.165, 1.54) is 25.7 Å². The van der Waals surface area contributed by atoms with Gasteiger partial charge in [-0.15, -0.1) is 0 Å². The molecule has 1 fully saturated rings. The summed E-state index contributed by atoms with van der Waals surface area (Å²) in [7, 11) is 0. The van der Waals surface area contributed by atoms with Crippen molar-refractivity contribution in [2.45, 2.75) is 38.1 Å². The number of carboxylic acids is 2. The molecule has 1 saturated carbocycles. The van der Waals surface area contributed by atoms with E-state index in [1.807, 2.05) is 29.3 Å². The number of nitrogens with one attached hydrogen (secondary N) is 1. The average Bonchev–Trinajstić information content (AvgIpc) is 3.52. The van der Waals surface area contributed by atoms with Gasteiger partial charge in [0.2, 0.25) is 0 Å². The zero-order chi connectivity index (χ0) is 22.2. The number of rotatable bonds is 6. The predicted octanol–water partition coefficient (Wildman–Crippen LogP) is 3.18. The molecule has 10 heteroatoms. The van der Waals surface area contributed by atoms with Gasteiger partial charge in [-0.1, -0.05) is 12.8 Å². The standard InChI is InChI=1S/C17H18N6.C4H4O4/c18-7-5-15(12-3-1-2-4-12)23-10-13(9-22-23)16-14-6-8-19-17(14)21-11-20-16;5-3(6)1-2-4(7)8/h6,8-12,15H,1-5H2,(H,19,20,21);1-2H,(H,5,6)(H,7,8)/t15-;/m1./s1. The molecular weight excluding hydrogens is 400 g/mol. The highest BCUT2D eigenvalue weighted by molar-refractivity contribution is 5.90. The zero-order valence-corrected chi connectivity index (χ0v) is 16.7. The van der Waals surface area contributed by atoms with Gasteiger partial charge in [0, 0.05) is 35.5 Å². The first-order valence-electron chi connectivity index (χ1n) is 9.83. The largest absolute Gasteiger partial charge is 0.478 e. The molecule has 0 aliphatic heterocycles. The summed E-state index contributed by atoms with van der Waals surface area (Å²) in [5.41, 5.74) is 2.68. The molecule has 3 aromatic heterocycles. The molecule has 0 unspecified atom stereocenters. The van der Waals surface area contributed by atoms with Gasteiger partial charge in [0.05, 0.1) is 30.4 Å². The Hall–Kier alpha value is -4.00. The highest BCUT2D eigenvalue weighted by Crippen LogP contribution is 2.36. The molecular formula is C21H22N6O4. The second-order valence-corrected chi connectivity index (χ2v) is 7.16. The Labute approximate surface area is 177 Å². The number of nitrogens with zero attached hydrogens (tertiary/aromatic N) is 5. The zero-order valence-electron chi connectivity index (χ0n) is 16.7. The van der Waals surface area contributed by atoms with E-state index in [-0.39, 0.29) is 6.04 Å². The first kappa shape index (κ1) is 21.7. The van der Waals surface area contributed by atoms with Gasteiger partial charge in [-0.3, -0.25) is 4.68 Å². The van der Waals surface area contributed by atoms with E-state index in [1.54, 1.807) is 6.33 Å². The Morgan fingerprint density at radius 1 is 1.26 bits per heavy atom. The van der Waals surface area contributed by atoms with Crippen molar-refractivity contribution in [3.63, 3.8) is 0 Å². The van der Waals surface area contributed by atoms with Crippen molar-refractivity contribution in [3.8, 4) is 17.3 Å². The summed E-state index contributed by atoms with van der Waals surface area (Å²) in [5, 5.41) is 30.3. The Morgan fingerprint density at radius 3 is 2.61 bits per heavy atom. The Balaban J connectivity index is 0.000000293. The summed E-state index contributed by atoms with van der Waals surface area (Å²) in [6, 6.07) is 4.47. The average molecular weight is 422 g/mol. The molecule has 4 rings (SSSR count). The Bertz CT molecular complexity index is 1100. The third kappa shape index (κ3) is 5.54. The minimum Gasteiger partial charge on any atom is -0.478 e. The fourth-order valence-electron chi connectivity index (χ4n) is 3.80. The van der Waals surface area contributed by atoms with Crippen LogP contribution in [0.25, 0.3) is 22.3 Å². The molecule has 1 aliphatic carbocycles. The van der Waals surface area contributed by atoms with E-state index in [0.29, 0.717) is 24.5 Å². The van der Waals surface area contributed by atoms with Crippen LogP contribution in [0.1, 0.15) is 38.1 Å². The SMILES string of the molecule is N#CC[C@H](C1CCCC1)n1cc(-c2ncnc3[nH]ccc23)cn1.O=C(O)C=CC(=O)O. The first-order valence-corrected chi connectivity index (χ1v) is 9.83. The summed E-state index contributed by atoms with van der Waals surface area (Å²) in [6.45, 7) is 0. The van der Waals surface area contributed by atoms with Crippen LogP contribution in [0.15, 0.2) is 43.1 Å². The molecule has 160 valence electrons. The highest BCUT2D eigenvalue weighted by atomic mass is 16.4. The molecule has 1 aliphatic rings. The molecule has 0 spiro atoms. The van der Waals surface area contributed by atoms with Gasteiger partial charge >= 0.3 is 11.9 Å². The number of hydrogen-bond donors (Lipinski definition) is 3. The maximum Gasteiger partial charge on any atom is 0.328 e. The maximum atomic E-state index is 9.55. The van der Waals surface area contributed by atoms with Crippen molar-refractivity contribution < 1.29 is 19.8 Å². The summed E-state index contributed by atoms with van der Waals surface area (Å²) in [5.74, 6) is -1.96. The fourth-order valence-corrected chi connectivity index (χ4v) is 3.80. The van der Waals surface area contributed by atoms with Crippen LogP contribution in [0.5, 0.6) is 0 Å². The number of carbonyl (C=O) groups is 2. The lowest BCUT2D eigenvalue weighted by atomic mass is 9.96. The van der Waals surface area contributed by atoms with Crippen molar-refractivity contribution in [2.75, 3.05) is 0 Å². The number of carboxylic acid groups (broad SMARTS) is 2. The maximum absolute atomic E-state index is 9.55. The van der Waals surface area contributed by atoms with Crippen molar-refractivity contribution >= 4 is 23.0 Å². The van der Waals surface area contributed by atoms with Crippen LogP contribution in [-0.2, 0) is 9.59 Å². The van der Waals surface area contributed by atoms with Crippen LogP contribution < -0.4 is 0 Å². The Morgan fingerprint density at radius 2 is 1.97 bits per heavy atom. The molecule has 10 nitrogen and oxygen atoms in total. The summed E-state index contributed by atoms with van der Waals surface area (Å²) < 4.78 is 1.97. The van der Waals surface area contributed by atoms with E-state index >= 15 is 0 Å². The molecule has 0 saturated heterocycles. The topological polar surface area (TPSA) is 158 Å². The van der Waals surface area contributed by atoms with Gasteiger partial charge in [0.25, 0.3) is 0 Å². The van der Waals surface area contributed by atoms with E-state index in [4.69, 9.17) is 10.2 Å². The van der Waals surface area contributed by atoms with Crippen LogP contribution in [0.4, 0.5) is 0 Å². The summed E-state index contributed by atoms with van der Waals surface area (Å²) in [6.07, 6.45) is 13.8. The number of H-pyrrole nitrogens is 1. The van der Waals surface area contributed by atoms with Crippen molar-refractivity contribution in [3.05, 3.63) is 43.1 Å². The van der Waals surface area contributed by atoms with Gasteiger partial charge in [0.15, 0.2) is 0 Å². The predicted molar refractivity (Wildman–Crippen MR) is 111 cm³/mol. The first-order chi connectivity index (χ1) is 15.0. The number of fused-ring (bicyclic) bond motifs is 1. The lowest BCUT2D eigenvalue weighted by molar-refractivity contribution is -0.134. The molecule has 0 amide bonds. The summed E-state index contributed by atoms with van der Waals surface area (Å²) >= 11 is 0. The van der Waals surface area contributed by atoms with Gasteiger partial charge in [0.1, 0.15) is 12.0 Å². The monoisotopic (exact) mass is 422 g/mol. The number of hydrogen-bond acceptors (Lipinski definition) is 6. The second-order valence-electron chi connectivity index (χ2n) is 7.16. The fraction of sp³-hybridized carbons (Fsp3) is 0.333. The molecule has 0 radical (unpaired) electrons. The van der Waals surface area contributed by atoms with E-state index in [9.17, 15) is 14.9 Å². The third-order valence-electron chi connectivity index (χ3n) is 5.18. The number of aliphatic carboxylic acids is 2. The van der Waals surface area contributed by atoms with Crippen LogP contribution in [-0.4, -0.2) is 46.9 Å². The van der Waals surface area contributed by atoms with E-state index in [0.717, 1.165) is 22.3 Å². The van der Waals surface area contributed by atoms with Crippen molar-refractivity contribution in [2.24, 2.45) is 5.92 Å². The molecule has 0 bridgehead atoms. The molecule has 1 atom stereocenters. The van der Waals surface area contributed by atoms with Gasteiger partial charge < -0.3 is 15.2 Å². The van der Waals surface area contributed by atoms with Crippen molar-refractivity contribution in [1.82, 2.24) is 24.7 Å². The van der Waals surface area contributed by atoms with Crippen LogP contribution in [0, 0.1) is 17.2 Å². The van der Waals surface area contributed by atoms with E-state index < -0.39 is 11.9 Å². The quantitative estimate of drug-likeness (QED) is 0.511. The van der Waals surface area contributed by atoms with Crippen LogP contribution in [0.2, 0.25) is 0 Å². The minimum absolute atomic E-state index is 0.166. The van der Waals surface area contributed by atoms with Gasteiger partial charge in [-0.25, -0.2) is 19.6 Å². The molecule has 3 N–H and O–H groups in total. The lowest BCUT2D eigenvalue weighted by Gasteiger charge is -2.21. The molecule has 3 aromatic rings. The molecule has 3 heterocycles. The van der Waals surface area contributed by atoms with Gasteiger partial charge in [-0.05, 0) is 24.8 Å². The number of nitriles is 1. The molecule has 31 heavy (non-hydrogen) atoms. The number of aromatic nitrogens is 5. The normalized spacial score (nSPS) is 14.8. The van der Waals surface area contributed by atoms with Crippen LogP contribution >= 0.6 is 0 Å². The smallest absolute Gasteiger partial charge is 0.328 e. The third-order valence-corrected chi connectivity index (χ3v) is 5.18. The second kappa shape index (κ2) is 10.2. The number of aromatic amines is 1. The lowest BCUT2D eigenvalue weighted by Crippen LogP contribution is -2.17. The van der Waals surface area contributed by atoms with E-state index in [2.05, 4.69) is 26.1 Å². The van der Waals surface area contributed by atoms with Gasteiger partial charge in [-0.2, -0.15) is 10.4 Å². The minimum atomic E-state index is -1.26. The van der Waals surface area contributed by atoms with Crippen molar-refractivity contribution in [1.29, 1.82) is 5.26 Å². The summed E-state index contributed by atoms with van der Waals surface area (Å²) in [4.78, 5) is 30.9. The molecule has 0 aromatic carbocycles. The Kier molecular flexibility index (Phi) is 7.11. The van der Waals surface area contributed by atoms with Crippen LogP contribution in [0.3, 0.4) is 0 Å². The highest BCUT2D eigenvalue weighted by Gasteiger charge is 2.27.